The Bertz CT molecular complexity index is 428. The summed E-state index contributed by atoms with van der Waals surface area (Å²) in [5.74, 6) is 0.221. The van der Waals surface area contributed by atoms with E-state index in [1.54, 1.807) is 0 Å². The molecule has 1 aliphatic heterocycles. The number of nitrogens with one attached hydrogen (secondary N) is 1. The van der Waals surface area contributed by atoms with Crippen LogP contribution in [0.15, 0.2) is 22.7 Å². The number of amides is 1. The van der Waals surface area contributed by atoms with Gasteiger partial charge in [0.2, 0.25) is 5.91 Å². The molecule has 98 valence electrons. The molecule has 1 amide bonds. The van der Waals surface area contributed by atoms with Crippen LogP contribution in [0.25, 0.3) is 0 Å². The van der Waals surface area contributed by atoms with Gasteiger partial charge >= 0.3 is 0 Å². The highest BCUT2D eigenvalue weighted by atomic mass is 79.9. The van der Waals surface area contributed by atoms with E-state index in [0.29, 0.717) is 6.54 Å². The van der Waals surface area contributed by atoms with Crippen molar-refractivity contribution in [3.8, 4) is 0 Å². The third kappa shape index (κ3) is 3.56. The van der Waals surface area contributed by atoms with Crippen LogP contribution in [0.3, 0.4) is 0 Å². The molecule has 4 heteroatoms. The van der Waals surface area contributed by atoms with Gasteiger partial charge in [-0.3, -0.25) is 4.79 Å². The Kier molecular flexibility index (Phi) is 4.78. The van der Waals surface area contributed by atoms with Gasteiger partial charge in [0.15, 0.2) is 0 Å². The van der Waals surface area contributed by atoms with Crippen molar-refractivity contribution in [3.05, 3.63) is 33.8 Å². The maximum absolute atomic E-state index is 11.8. The van der Waals surface area contributed by atoms with Gasteiger partial charge in [-0.2, -0.15) is 0 Å². The molecular formula is C14H19BrN2O. The van der Waals surface area contributed by atoms with E-state index in [1.807, 2.05) is 4.90 Å². The van der Waals surface area contributed by atoms with Crippen molar-refractivity contribution in [1.29, 1.82) is 0 Å². The molecule has 1 N–H and O–H groups in total. The van der Waals surface area contributed by atoms with E-state index in [2.05, 4.69) is 46.4 Å². The van der Waals surface area contributed by atoms with Gasteiger partial charge in [-0.15, -0.1) is 0 Å². The van der Waals surface area contributed by atoms with Gasteiger partial charge in [0.05, 0.1) is 6.54 Å². The van der Waals surface area contributed by atoms with Crippen molar-refractivity contribution in [1.82, 2.24) is 10.2 Å². The Balaban J connectivity index is 1.77. The highest BCUT2D eigenvalue weighted by Gasteiger charge is 2.16. The molecule has 1 aromatic rings. The molecule has 0 aromatic heterocycles. The molecule has 3 nitrogen and oxygen atoms in total. The Morgan fingerprint density at radius 1 is 1.39 bits per heavy atom. The molecule has 0 saturated carbocycles. The second-order valence-electron chi connectivity index (χ2n) is 4.77. The minimum Gasteiger partial charge on any atom is -0.342 e. The fourth-order valence-electron chi connectivity index (χ4n) is 2.14. The molecule has 1 aliphatic rings. The van der Waals surface area contributed by atoms with Gasteiger partial charge in [0.25, 0.3) is 0 Å². The molecule has 1 heterocycles. The average Bonchev–Trinajstić information content (AvgIpc) is 2.87. The van der Waals surface area contributed by atoms with Crippen LogP contribution in [0, 0.1) is 6.92 Å². The van der Waals surface area contributed by atoms with Crippen LogP contribution >= 0.6 is 15.9 Å². The zero-order valence-electron chi connectivity index (χ0n) is 10.7. The first kappa shape index (κ1) is 13.6. The predicted octanol–water partition coefficient (Wildman–Crippen LogP) is 2.47. The zero-order chi connectivity index (χ0) is 13.0. The lowest BCUT2D eigenvalue weighted by atomic mass is 10.1. The summed E-state index contributed by atoms with van der Waals surface area (Å²) in [6.07, 6.45) is 2.30. The second-order valence-corrected chi connectivity index (χ2v) is 5.63. The highest BCUT2D eigenvalue weighted by molar-refractivity contribution is 9.10. The molecule has 0 atom stereocenters. The molecule has 0 bridgehead atoms. The van der Waals surface area contributed by atoms with Crippen LogP contribution in [0.5, 0.6) is 0 Å². The monoisotopic (exact) mass is 310 g/mol. The van der Waals surface area contributed by atoms with Crippen molar-refractivity contribution >= 4 is 21.8 Å². The van der Waals surface area contributed by atoms with Gasteiger partial charge in [-0.05, 0) is 37.0 Å². The number of nitrogens with zero attached hydrogens (tertiary/aromatic N) is 1. The number of halogens is 1. The Hall–Kier alpha value is -0.870. The number of likely N-dealkylation sites (tertiary alicyclic amines) is 1. The smallest absolute Gasteiger partial charge is 0.236 e. The molecule has 0 aliphatic carbocycles. The first-order valence-electron chi connectivity index (χ1n) is 6.40. The van der Waals surface area contributed by atoms with Crippen molar-refractivity contribution in [2.45, 2.75) is 26.3 Å². The van der Waals surface area contributed by atoms with E-state index in [-0.39, 0.29) is 5.91 Å². The molecule has 18 heavy (non-hydrogen) atoms. The lowest BCUT2D eigenvalue weighted by molar-refractivity contribution is -0.129. The van der Waals surface area contributed by atoms with Gasteiger partial charge in [-0.1, -0.05) is 28.1 Å². The largest absolute Gasteiger partial charge is 0.342 e. The van der Waals surface area contributed by atoms with Gasteiger partial charge in [-0.25, -0.2) is 0 Å². The van der Waals surface area contributed by atoms with E-state index in [1.165, 1.54) is 11.1 Å². The summed E-state index contributed by atoms with van der Waals surface area (Å²) < 4.78 is 1.12. The molecule has 0 unspecified atom stereocenters. The van der Waals surface area contributed by atoms with E-state index < -0.39 is 0 Å². The SMILES string of the molecule is Cc1ccc(CNCC(=O)N2CCCC2)cc1Br. The van der Waals surface area contributed by atoms with Crippen molar-refractivity contribution < 1.29 is 4.79 Å². The third-order valence-corrected chi connectivity index (χ3v) is 4.15. The summed E-state index contributed by atoms with van der Waals surface area (Å²) in [6.45, 7) is 5.09. The zero-order valence-corrected chi connectivity index (χ0v) is 12.3. The molecular weight excluding hydrogens is 292 g/mol. The van der Waals surface area contributed by atoms with E-state index >= 15 is 0 Å². The first-order valence-corrected chi connectivity index (χ1v) is 7.19. The molecule has 1 aromatic carbocycles. The number of aryl methyl sites for hydroxylation is 1. The summed E-state index contributed by atoms with van der Waals surface area (Å²) in [6, 6.07) is 6.28. The van der Waals surface area contributed by atoms with Crippen LogP contribution < -0.4 is 5.32 Å². The van der Waals surface area contributed by atoms with Crippen molar-refractivity contribution in [3.63, 3.8) is 0 Å². The standard InChI is InChI=1S/C14H19BrN2O/c1-11-4-5-12(8-13(11)15)9-16-10-14(18)17-6-2-3-7-17/h4-5,8,16H,2-3,6-7,9-10H2,1H3. The first-order chi connectivity index (χ1) is 8.66. The second kappa shape index (κ2) is 6.34. The fraction of sp³-hybridized carbons (Fsp3) is 0.500. The quantitative estimate of drug-likeness (QED) is 0.926. The fourth-order valence-corrected chi connectivity index (χ4v) is 2.56. The number of hydrogen-bond donors (Lipinski definition) is 1. The number of carbonyl (C=O) groups is 1. The Morgan fingerprint density at radius 3 is 2.78 bits per heavy atom. The highest BCUT2D eigenvalue weighted by Crippen LogP contribution is 2.17. The predicted molar refractivity (Wildman–Crippen MR) is 76.4 cm³/mol. The average molecular weight is 311 g/mol. The van der Waals surface area contributed by atoms with Crippen LogP contribution in [0.1, 0.15) is 24.0 Å². The van der Waals surface area contributed by atoms with E-state index in [4.69, 9.17) is 0 Å². The molecule has 0 spiro atoms. The number of carbonyl (C=O) groups excluding carboxylic acids is 1. The van der Waals surface area contributed by atoms with Crippen LogP contribution in [0.4, 0.5) is 0 Å². The lowest BCUT2D eigenvalue weighted by Gasteiger charge is -2.15. The summed E-state index contributed by atoms with van der Waals surface area (Å²) >= 11 is 3.52. The molecule has 1 fully saturated rings. The van der Waals surface area contributed by atoms with E-state index in [0.717, 1.165) is 36.9 Å². The minimum atomic E-state index is 0.221. The number of rotatable bonds is 4. The van der Waals surface area contributed by atoms with Gasteiger partial charge in [0, 0.05) is 24.1 Å². The van der Waals surface area contributed by atoms with Gasteiger partial charge in [0.1, 0.15) is 0 Å². The van der Waals surface area contributed by atoms with Crippen LogP contribution in [-0.4, -0.2) is 30.4 Å². The lowest BCUT2D eigenvalue weighted by Crippen LogP contribution is -2.35. The van der Waals surface area contributed by atoms with Crippen LogP contribution in [0.2, 0.25) is 0 Å². The van der Waals surface area contributed by atoms with Crippen molar-refractivity contribution in [2.24, 2.45) is 0 Å². The summed E-state index contributed by atoms with van der Waals surface area (Å²) in [7, 11) is 0. The van der Waals surface area contributed by atoms with Crippen LogP contribution in [-0.2, 0) is 11.3 Å². The van der Waals surface area contributed by atoms with Gasteiger partial charge < -0.3 is 10.2 Å². The maximum atomic E-state index is 11.8. The topological polar surface area (TPSA) is 32.3 Å². The molecule has 0 radical (unpaired) electrons. The Labute approximate surface area is 117 Å². The van der Waals surface area contributed by atoms with E-state index in [9.17, 15) is 4.79 Å². The number of hydrogen-bond acceptors (Lipinski definition) is 2. The maximum Gasteiger partial charge on any atom is 0.236 e. The summed E-state index contributed by atoms with van der Waals surface area (Å²) in [5, 5.41) is 3.21. The Morgan fingerprint density at radius 2 is 2.11 bits per heavy atom. The number of benzene rings is 1. The van der Waals surface area contributed by atoms with Crippen molar-refractivity contribution in [2.75, 3.05) is 19.6 Å². The summed E-state index contributed by atoms with van der Waals surface area (Å²) in [5.41, 5.74) is 2.42. The molecule has 1 saturated heterocycles. The molecule has 2 rings (SSSR count). The summed E-state index contributed by atoms with van der Waals surface area (Å²) in [4.78, 5) is 13.8. The minimum absolute atomic E-state index is 0.221. The third-order valence-electron chi connectivity index (χ3n) is 3.30. The normalized spacial score (nSPS) is 15.1.